The summed E-state index contributed by atoms with van der Waals surface area (Å²) < 4.78 is 26.9. The molecule has 0 radical (unpaired) electrons. The van der Waals surface area contributed by atoms with E-state index in [9.17, 15) is 8.78 Å². The van der Waals surface area contributed by atoms with Crippen LogP contribution in [-0.2, 0) is 6.42 Å². The molecule has 1 unspecified atom stereocenters. The molecular formula is C16H15F2NS. The Morgan fingerprint density at radius 3 is 2.85 bits per heavy atom. The highest BCUT2D eigenvalue weighted by atomic mass is 32.2. The summed E-state index contributed by atoms with van der Waals surface area (Å²) in [5, 5.41) is 3.63. The topological polar surface area (TPSA) is 12.0 Å². The molecule has 1 aliphatic heterocycles. The van der Waals surface area contributed by atoms with Crippen LogP contribution < -0.4 is 5.32 Å². The van der Waals surface area contributed by atoms with Crippen LogP contribution in [0.1, 0.15) is 12.0 Å². The predicted octanol–water partition coefficient (Wildman–Crippen LogP) is 4.48. The molecule has 1 aliphatic rings. The Balaban J connectivity index is 1.73. The number of rotatable bonds is 2. The Morgan fingerprint density at radius 2 is 1.95 bits per heavy atom. The third-order valence-electron chi connectivity index (χ3n) is 3.46. The molecule has 2 aromatic carbocycles. The molecule has 1 atom stereocenters. The van der Waals surface area contributed by atoms with E-state index in [0.717, 1.165) is 31.1 Å². The van der Waals surface area contributed by atoms with Gasteiger partial charge < -0.3 is 5.32 Å². The van der Waals surface area contributed by atoms with Crippen LogP contribution in [0.25, 0.3) is 0 Å². The van der Waals surface area contributed by atoms with Gasteiger partial charge in [0, 0.05) is 22.4 Å². The van der Waals surface area contributed by atoms with Crippen LogP contribution in [0.15, 0.2) is 47.4 Å². The summed E-state index contributed by atoms with van der Waals surface area (Å²) in [6.45, 7) is 0.762. The number of thioether (sulfide) groups is 1. The lowest BCUT2D eigenvalue weighted by Gasteiger charge is -2.14. The Labute approximate surface area is 121 Å². The average Bonchev–Trinajstić information content (AvgIpc) is 2.66. The molecule has 3 rings (SSSR count). The number of hydrogen-bond donors (Lipinski definition) is 1. The van der Waals surface area contributed by atoms with E-state index >= 15 is 0 Å². The normalized spacial score (nSPS) is 18.0. The molecule has 0 saturated carbocycles. The maximum Gasteiger partial charge on any atom is 0.136 e. The van der Waals surface area contributed by atoms with Crippen molar-refractivity contribution in [3.63, 3.8) is 0 Å². The van der Waals surface area contributed by atoms with E-state index in [0.29, 0.717) is 4.90 Å². The van der Waals surface area contributed by atoms with Crippen LogP contribution in [-0.4, -0.2) is 11.8 Å². The number of para-hydroxylation sites is 1. The van der Waals surface area contributed by atoms with Gasteiger partial charge in [0.2, 0.25) is 0 Å². The second-order valence-corrected chi connectivity index (χ2v) is 6.23. The van der Waals surface area contributed by atoms with Gasteiger partial charge >= 0.3 is 0 Å². The zero-order valence-corrected chi connectivity index (χ0v) is 11.7. The predicted molar refractivity (Wildman–Crippen MR) is 79.3 cm³/mol. The average molecular weight is 291 g/mol. The number of nitrogens with one attached hydrogen (secondary N) is 1. The Morgan fingerprint density at radius 1 is 1.10 bits per heavy atom. The number of aryl methyl sites for hydroxylation is 1. The van der Waals surface area contributed by atoms with Crippen molar-refractivity contribution < 1.29 is 8.78 Å². The van der Waals surface area contributed by atoms with Gasteiger partial charge in [-0.25, -0.2) is 8.78 Å². The molecule has 0 aliphatic carbocycles. The number of fused-ring (bicyclic) bond motifs is 1. The molecule has 0 spiro atoms. The minimum absolute atomic E-state index is 0.235. The summed E-state index contributed by atoms with van der Waals surface area (Å²) in [6, 6.07) is 11.8. The van der Waals surface area contributed by atoms with E-state index in [1.807, 2.05) is 12.1 Å². The molecule has 104 valence electrons. The lowest BCUT2D eigenvalue weighted by atomic mass is 10.1. The zero-order chi connectivity index (χ0) is 13.9. The minimum Gasteiger partial charge on any atom is -0.384 e. The molecule has 0 fully saturated rings. The lowest BCUT2D eigenvalue weighted by Crippen LogP contribution is -2.14. The fraction of sp³-hybridized carbons (Fsp3) is 0.250. The fourth-order valence-corrected chi connectivity index (χ4v) is 3.52. The van der Waals surface area contributed by atoms with Crippen LogP contribution in [0, 0.1) is 11.6 Å². The van der Waals surface area contributed by atoms with Crippen molar-refractivity contribution in [2.75, 3.05) is 11.9 Å². The molecule has 4 heteroatoms. The van der Waals surface area contributed by atoms with Gasteiger partial charge in [-0.1, -0.05) is 18.2 Å². The molecule has 1 N–H and O–H groups in total. The minimum atomic E-state index is -0.390. The van der Waals surface area contributed by atoms with Crippen molar-refractivity contribution in [1.82, 2.24) is 0 Å². The Hall–Kier alpha value is -1.55. The van der Waals surface area contributed by atoms with Gasteiger partial charge in [0.25, 0.3) is 0 Å². The maximum atomic E-state index is 13.7. The van der Waals surface area contributed by atoms with Crippen molar-refractivity contribution in [2.45, 2.75) is 23.0 Å². The van der Waals surface area contributed by atoms with Crippen molar-refractivity contribution in [2.24, 2.45) is 0 Å². The van der Waals surface area contributed by atoms with Crippen molar-refractivity contribution in [3.8, 4) is 0 Å². The fourth-order valence-electron chi connectivity index (χ4n) is 2.40. The molecule has 20 heavy (non-hydrogen) atoms. The van der Waals surface area contributed by atoms with E-state index in [1.54, 1.807) is 0 Å². The summed E-state index contributed by atoms with van der Waals surface area (Å²) in [5.74, 6) is -0.739. The van der Waals surface area contributed by atoms with Crippen LogP contribution in [0.5, 0.6) is 0 Å². The molecular weight excluding hydrogens is 276 g/mol. The first-order valence-corrected chi connectivity index (χ1v) is 7.54. The number of hydrogen-bond acceptors (Lipinski definition) is 2. The summed E-state index contributed by atoms with van der Waals surface area (Å²) in [4.78, 5) is 0.391. The van der Waals surface area contributed by atoms with Gasteiger partial charge in [-0.05, 0) is 42.7 Å². The molecule has 0 bridgehead atoms. The first kappa shape index (κ1) is 13.4. The van der Waals surface area contributed by atoms with Crippen LogP contribution in [0.3, 0.4) is 0 Å². The van der Waals surface area contributed by atoms with E-state index in [2.05, 4.69) is 17.4 Å². The zero-order valence-electron chi connectivity index (χ0n) is 10.9. The lowest BCUT2D eigenvalue weighted by molar-refractivity contribution is 0.576. The first-order valence-electron chi connectivity index (χ1n) is 6.66. The highest BCUT2D eigenvalue weighted by molar-refractivity contribution is 8.00. The number of anilines is 1. The van der Waals surface area contributed by atoms with Crippen LogP contribution in [0.2, 0.25) is 0 Å². The molecule has 0 aromatic heterocycles. The molecule has 0 saturated heterocycles. The van der Waals surface area contributed by atoms with E-state index in [-0.39, 0.29) is 11.1 Å². The van der Waals surface area contributed by atoms with Crippen LogP contribution >= 0.6 is 11.8 Å². The van der Waals surface area contributed by atoms with E-state index < -0.39 is 5.82 Å². The summed E-state index contributed by atoms with van der Waals surface area (Å²) in [6.07, 6.45) is 1.91. The summed E-state index contributed by atoms with van der Waals surface area (Å²) >= 11 is 1.41. The van der Waals surface area contributed by atoms with Gasteiger partial charge in [0.05, 0.1) is 0 Å². The standard InChI is InChI=1S/C16H15F2NS/c17-12-6-8-14(18)16(9-12)20-13-7-5-11-3-1-2-4-15(11)19-10-13/h1-4,6,8-9,13,19H,5,7,10H2. The Bertz CT molecular complexity index is 588. The monoisotopic (exact) mass is 291 g/mol. The van der Waals surface area contributed by atoms with Crippen molar-refractivity contribution in [1.29, 1.82) is 0 Å². The third-order valence-corrected chi connectivity index (χ3v) is 4.76. The van der Waals surface area contributed by atoms with Crippen molar-refractivity contribution in [3.05, 3.63) is 59.7 Å². The SMILES string of the molecule is Fc1ccc(F)c(SC2CCc3ccccc3NC2)c1. The third kappa shape index (κ3) is 2.96. The summed E-state index contributed by atoms with van der Waals surface area (Å²) in [5.41, 5.74) is 2.44. The van der Waals surface area contributed by atoms with Gasteiger partial charge in [0.15, 0.2) is 0 Å². The smallest absolute Gasteiger partial charge is 0.136 e. The second kappa shape index (κ2) is 5.83. The summed E-state index contributed by atoms with van der Waals surface area (Å²) in [7, 11) is 0. The van der Waals surface area contributed by atoms with Crippen molar-refractivity contribution >= 4 is 17.4 Å². The largest absolute Gasteiger partial charge is 0.384 e. The molecule has 0 amide bonds. The van der Waals surface area contributed by atoms with Gasteiger partial charge in [-0.2, -0.15) is 0 Å². The highest BCUT2D eigenvalue weighted by Gasteiger charge is 2.18. The molecule has 1 heterocycles. The van der Waals surface area contributed by atoms with Gasteiger partial charge in [0.1, 0.15) is 11.6 Å². The van der Waals surface area contributed by atoms with Crippen LogP contribution in [0.4, 0.5) is 14.5 Å². The quantitative estimate of drug-likeness (QED) is 0.875. The number of benzene rings is 2. The van der Waals surface area contributed by atoms with E-state index in [4.69, 9.17) is 0 Å². The maximum absolute atomic E-state index is 13.7. The van der Waals surface area contributed by atoms with Gasteiger partial charge in [-0.3, -0.25) is 0 Å². The molecule has 1 nitrogen and oxygen atoms in total. The second-order valence-electron chi connectivity index (χ2n) is 4.89. The molecule has 2 aromatic rings. The van der Waals surface area contributed by atoms with E-state index in [1.165, 1.54) is 29.5 Å². The Kier molecular flexibility index (Phi) is 3.92. The number of halogens is 2. The highest BCUT2D eigenvalue weighted by Crippen LogP contribution is 2.32. The van der Waals surface area contributed by atoms with Gasteiger partial charge in [-0.15, -0.1) is 11.8 Å². The first-order chi connectivity index (χ1) is 9.72.